The van der Waals surface area contributed by atoms with Crippen LogP contribution in [0.4, 0.5) is 0 Å². The van der Waals surface area contributed by atoms with Crippen LogP contribution in [0.25, 0.3) is 0 Å². The fourth-order valence-electron chi connectivity index (χ4n) is 0.255. The van der Waals surface area contributed by atoms with Gasteiger partial charge in [-0.1, -0.05) is 6.58 Å². The summed E-state index contributed by atoms with van der Waals surface area (Å²) in [5.41, 5.74) is 0.288. The van der Waals surface area contributed by atoms with Crippen LogP contribution in [-0.4, -0.2) is 34.9 Å². The molecular weight excluding hydrogens is 216 g/mol. The molecule has 1 atom stereocenters. The van der Waals surface area contributed by atoms with Gasteiger partial charge in [0.1, 0.15) is 0 Å². The highest BCUT2D eigenvalue weighted by Gasteiger charge is 2.04. The molecule has 1 unspecified atom stereocenters. The Hall–Kier alpha value is -0.960. The fraction of sp³-hybridized carbons (Fsp3) is 0.500. The van der Waals surface area contributed by atoms with Crippen molar-refractivity contribution in [1.82, 2.24) is 0 Å². The van der Waals surface area contributed by atoms with Crippen LogP contribution in [0.5, 0.6) is 0 Å². The van der Waals surface area contributed by atoms with E-state index in [1.54, 1.807) is 0 Å². The summed E-state index contributed by atoms with van der Waals surface area (Å²) in [5.74, 6) is -0.565. The Morgan fingerprint density at radius 1 is 1.43 bits per heavy atom. The first-order valence-electron chi connectivity index (χ1n) is 3.28. The molecule has 7 nitrogen and oxygen atoms in total. The molecule has 0 saturated carbocycles. The second-order valence-electron chi connectivity index (χ2n) is 2.23. The summed E-state index contributed by atoms with van der Waals surface area (Å²) in [6.07, 6.45) is -1.05. The van der Waals surface area contributed by atoms with Crippen molar-refractivity contribution >= 4 is 16.4 Å². The van der Waals surface area contributed by atoms with Crippen LogP contribution in [0.2, 0.25) is 0 Å². The summed E-state index contributed by atoms with van der Waals surface area (Å²) in [7, 11) is -4.67. The third-order valence-electron chi connectivity index (χ3n) is 0.626. The molecule has 0 aliphatic carbocycles. The molecule has 0 bridgehead atoms. The molecule has 0 aliphatic rings. The van der Waals surface area contributed by atoms with Crippen molar-refractivity contribution in [3.05, 3.63) is 12.2 Å². The Balaban J connectivity index is 0. The van der Waals surface area contributed by atoms with Gasteiger partial charge in [0.05, 0.1) is 0 Å². The second kappa shape index (κ2) is 6.49. The van der Waals surface area contributed by atoms with E-state index in [-0.39, 0.29) is 5.57 Å². The maximum Gasteiger partial charge on any atom is 0.394 e. The van der Waals surface area contributed by atoms with E-state index >= 15 is 0 Å². The average Bonchev–Trinajstić information content (AvgIpc) is 1.80. The van der Waals surface area contributed by atoms with Crippen molar-refractivity contribution < 1.29 is 32.2 Å². The molecule has 0 aromatic carbocycles. The number of carbonyl (C=O) groups excluding carboxylic acids is 1. The SMILES string of the molecule is C=C(C)C(=O)OC(C)O.O=S(=O)(O)O. The summed E-state index contributed by atoms with van der Waals surface area (Å²) >= 11 is 0. The summed E-state index contributed by atoms with van der Waals surface area (Å²) in [6, 6.07) is 0. The molecule has 0 aromatic rings. The highest BCUT2D eigenvalue weighted by molar-refractivity contribution is 7.79. The topological polar surface area (TPSA) is 121 Å². The van der Waals surface area contributed by atoms with E-state index < -0.39 is 22.7 Å². The minimum absolute atomic E-state index is 0.288. The monoisotopic (exact) mass is 228 g/mol. The molecule has 0 amide bonds. The van der Waals surface area contributed by atoms with Crippen LogP contribution < -0.4 is 0 Å². The minimum atomic E-state index is -4.67. The van der Waals surface area contributed by atoms with Crippen LogP contribution >= 0.6 is 0 Å². The zero-order chi connectivity index (χ0) is 11.9. The van der Waals surface area contributed by atoms with E-state index in [1.165, 1.54) is 13.8 Å². The molecule has 0 aromatic heterocycles. The van der Waals surface area contributed by atoms with Crippen molar-refractivity contribution in [2.24, 2.45) is 0 Å². The van der Waals surface area contributed by atoms with Gasteiger partial charge in [0.15, 0.2) is 6.29 Å². The Bertz CT molecular complexity index is 281. The number of rotatable bonds is 2. The van der Waals surface area contributed by atoms with Crippen LogP contribution in [-0.2, 0) is 19.9 Å². The Kier molecular flexibility index (Phi) is 7.19. The van der Waals surface area contributed by atoms with Gasteiger partial charge in [-0.15, -0.1) is 0 Å². The smallest absolute Gasteiger partial charge is 0.394 e. The van der Waals surface area contributed by atoms with Gasteiger partial charge in [-0.2, -0.15) is 8.42 Å². The molecule has 0 saturated heterocycles. The maximum absolute atomic E-state index is 10.5. The van der Waals surface area contributed by atoms with Crippen LogP contribution in [0.15, 0.2) is 12.2 Å². The highest BCUT2D eigenvalue weighted by Crippen LogP contribution is 1.94. The normalized spacial score (nSPS) is 12.1. The number of aliphatic hydroxyl groups excluding tert-OH is 1. The number of carbonyl (C=O) groups is 1. The van der Waals surface area contributed by atoms with Crippen LogP contribution in [0, 0.1) is 0 Å². The Labute approximate surface area is 81.6 Å². The zero-order valence-corrected chi connectivity index (χ0v) is 8.48. The van der Waals surface area contributed by atoms with Crippen molar-refractivity contribution in [2.75, 3.05) is 0 Å². The lowest BCUT2D eigenvalue weighted by molar-refractivity contribution is -0.159. The van der Waals surface area contributed by atoms with Gasteiger partial charge in [0.25, 0.3) is 0 Å². The third-order valence-corrected chi connectivity index (χ3v) is 0.626. The van der Waals surface area contributed by atoms with Crippen molar-refractivity contribution in [2.45, 2.75) is 20.1 Å². The zero-order valence-electron chi connectivity index (χ0n) is 7.67. The summed E-state index contributed by atoms with van der Waals surface area (Å²) in [6.45, 7) is 6.20. The Morgan fingerprint density at radius 3 is 1.79 bits per heavy atom. The van der Waals surface area contributed by atoms with Gasteiger partial charge >= 0.3 is 16.4 Å². The maximum atomic E-state index is 10.5. The van der Waals surface area contributed by atoms with Crippen molar-refractivity contribution in [3.8, 4) is 0 Å². The number of aliphatic hydroxyl groups is 1. The first-order valence-corrected chi connectivity index (χ1v) is 4.68. The van der Waals surface area contributed by atoms with E-state index in [0.29, 0.717) is 0 Å². The quantitative estimate of drug-likeness (QED) is 0.259. The van der Waals surface area contributed by atoms with E-state index in [2.05, 4.69) is 11.3 Å². The van der Waals surface area contributed by atoms with Crippen molar-refractivity contribution in [3.63, 3.8) is 0 Å². The van der Waals surface area contributed by atoms with E-state index in [0.717, 1.165) is 0 Å². The first kappa shape index (κ1) is 15.5. The molecule has 8 heteroatoms. The molecule has 0 rings (SSSR count). The molecule has 0 aliphatic heterocycles. The molecule has 0 fully saturated rings. The molecule has 14 heavy (non-hydrogen) atoms. The van der Waals surface area contributed by atoms with Gasteiger partial charge in [-0.25, -0.2) is 4.79 Å². The molecule has 0 radical (unpaired) electrons. The van der Waals surface area contributed by atoms with Crippen molar-refractivity contribution in [1.29, 1.82) is 0 Å². The lowest BCUT2D eigenvalue weighted by Gasteiger charge is -2.04. The largest absolute Gasteiger partial charge is 0.433 e. The molecule has 84 valence electrons. The van der Waals surface area contributed by atoms with Gasteiger partial charge in [0.2, 0.25) is 0 Å². The van der Waals surface area contributed by atoms with E-state index in [4.69, 9.17) is 22.6 Å². The summed E-state index contributed by atoms with van der Waals surface area (Å²) < 4.78 is 35.9. The van der Waals surface area contributed by atoms with Crippen LogP contribution in [0.1, 0.15) is 13.8 Å². The predicted molar refractivity (Wildman–Crippen MR) is 46.8 cm³/mol. The fourth-order valence-corrected chi connectivity index (χ4v) is 0.255. The number of ether oxygens (including phenoxy) is 1. The molecule has 0 heterocycles. The Morgan fingerprint density at radius 2 is 1.71 bits per heavy atom. The van der Waals surface area contributed by atoms with E-state index in [1.807, 2.05) is 0 Å². The standard InChI is InChI=1S/C6H10O3.H2O4S/c1-4(2)6(8)9-5(3)7;1-5(2,3)4/h5,7H,1H2,2-3H3;(H2,1,2,3,4). The van der Waals surface area contributed by atoms with Crippen LogP contribution in [0.3, 0.4) is 0 Å². The number of hydrogen-bond acceptors (Lipinski definition) is 5. The molecule has 3 N–H and O–H groups in total. The minimum Gasteiger partial charge on any atom is -0.433 e. The predicted octanol–water partition coefficient (Wildman–Crippen LogP) is -0.209. The van der Waals surface area contributed by atoms with E-state index in [9.17, 15) is 4.79 Å². The molecule has 0 spiro atoms. The van der Waals surface area contributed by atoms with Gasteiger partial charge in [0, 0.05) is 5.57 Å². The van der Waals surface area contributed by atoms with Gasteiger partial charge in [-0.3, -0.25) is 9.11 Å². The average molecular weight is 228 g/mol. The number of hydrogen-bond donors (Lipinski definition) is 3. The second-order valence-corrected chi connectivity index (χ2v) is 3.13. The first-order chi connectivity index (χ1) is 6.04. The third kappa shape index (κ3) is 22.5. The van der Waals surface area contributed by atoms with Gasteiger partial charge < -0.3 is 9.84 Å². The highest BCUT2D eigenvalue weighted by atomic mass is 32.3. The number of esters is 1. The molecular formula is C6H12O7S. The summed E-state index contributed by atoms with van der Waals surface area (Å²) in [4.78, 5) is 10.5. The van der Waals surface area contributed by atoms with Gasteiger partial charge in [-0.05, 0) is 13.8 Å². The lowest BCUT2D eigenvalue weighted by atomic mass is 10.4. The summed E-state index contributed by atoms with van der Waals surface area (Å²) in [5, 5.41) is 8.49. The lowest BCUT2D eigenvalue weighted by Crippen LogP contribution is -2.13.